The molecule has 0 bridgehead atoms. The zero-order valence-corrected chi connectivity index (χ0v) is 9.75. The minimum atomic E-state index is 0.805. The quantitative estimate of drug-likeness (QED) is 0.637. The van der Waals surface area contributed by atoms with Crippen LogP contribution in [0.1, 0.15) is 11.4 Å². The third-order valence-electron chi connectivity index (χ3n) is 2.67. The van der Waals surface area contributed by atoms with Crippen molar-refractivity contribution >= 4 is 11.2 Å². The number of nitrogens with zero attached hydrogens (tertiary/aromatic N) is 4. The summed E-state index contributed by atoms with van der Waals surface area (Å²) in [4.78, 5) is 8.89. The summed E-state index contributed by atoms with van der Waals surface area (Å²) < 4.78 is 1.83. The van der Waals surface area contributed by atoms with Crippen LogP contribution in [0.15, 0.2) is 36.5 Å². The first-order chi connectivity index (χ1) is 8.25. The van der Waals surface area contributed by atoms with E-state index < -0.39 is 0 Å². The van der Waals surface area contributed by atoms with Gasteiger partial charge in [0.15, 0.2) is 5.65 Å². The molecule has 4 heteroatoms. The van der Waals surface area contributed by atoms with Gasteiger partial charge in [-0.05, 0) is 26.0 Å². The van der Waals surface area contributed by atoms with Gasteiger partial charge in [0.05, 0.1) is 23.3 Å². The first kappa shape index (κ1) is 9.96. The van der Waals surface area contributed by atoms with Gasteiger partial charge < -0.3 is 0 Å². The topological polar surface area (TPSA) is 43.6 Å². The number of hydrogen-bond acceptors (Lipinski definition) is 3. The second-order valence-electron chi connectivity index (χ2n) is 4.02. The Morgan fingerprint density at radius 2 is 1.82 bits per heavy atom. The lowest BCUT2D eigenvalue weighted by atomic mass is 10.3. The SMILES string of the molecule is Cc1cnc2c(n1)c(C)nn2-c1ccccc1. The summed E-state index contributed by atoms with van der Waals surface area (Å²) in [6.07, 6.45) is 1.77. The van der Waals surface area contributed by atoms with E-state index in [-0.39, 0.29) is 0 Å². The third-order valence-corrected chi connectivity index (χ3v) is 2.67. The molecule has 2 heterocycles. The summed E-state index contributed by atoms with van der Waals surface area (Å²) in [7, 11) is 0. The van der Waals surface area contributed by atoms with Gasteiger partial charge in [0.2, 0.25) is 0 Å². The fraction of sp³-hybridized carbons (Fsp3) is 0.154. The van der Waals surface area contributed by atoms with Crippen LogP contribution in [0.5, 0.6) is 0 Å². The van der Waals surface area contributed by atoms with E-state index in [2.05, 4.69) is 15.1 Å². The van der Waals surface area contributed by atoms with Crippen LogP contribution >= 0.6 is 0 Å². The highest BCUT2D eigenvalue weighted by atomic mass is 15.3. The van der Waals surface area contributed by atoms with E-state index in [0.29, 0.717) is 0 Å². The molecule has 3 rings (SSSR count). The Morgan fingerprint density at radius 3 is 2.59 bits per heavy atom. The van der Waals surface area contributed by atoms with Gasteiger partial charge >= 0.3 is 0 Å². The molecule has 3 aromatic rings. The van der Waals surface area contributed by atoms with E-state index in [1.54, 1.807) is 6.20 Å². The van der Waals surface area contributed by atoms with E-state index in [0.717, 1.165) is 28.2 Å². The third kappa shape index (κ3) is 1.58. The Kier molecular flexibility index (Phi) is 2.14. The highest BCUT2D eigenvalue weighted by Crippen LogP contribution is 2.17. The molecular formula is C13H12N4. The molecule has 0 aliphatic rings. The van der Waals surface area contributed by atoms with Crippen molar-refractivity contribution in [3.63, 3.8) is 0 Å². The molecule has 84 valence electrons. The molecule has 0 unspecified atom stereocenters. The van der Waals surface area contributed by atoms with Crippen LogP contribution in [0.2, 0.25) is 0 Å². The first-order valence-electron chi connectivity index (χ1n) is 5.50. The van der Waals surface area contributed by atoms with Crippen LogP contribution < -0.4 is 0 Å². The van der Waals surface area contributed by atoms with Crippen LogP contribution in [0.3, 0.4) is 0 Å². The molecule has 2 aromatic heterocycles. The van der Waals surface area contributed by atoms with Crippen molar-refractivity contribution in [2.24, 2.45) is 0 Å². The standard InChI is InChI=1S/C13H12N4/c1-9-8-14-13-12(15-9)10(2)16-17(13)11-6-4-3-5-7-11/h3-8H,1-2H3. The fourth-order valence-corrected chi connectivity index (χ4v) is 1.86. The van der Waals surface area contributed by atoms with Crippen molar-refractivity contribution in [2.75, 3.05) is 0 Å². The highest BCUT2D eigenvalue weighted by Gasteiger charge is 2.11. The van der Waals surface area contributed by atoms with Gasteiger partial charge in [0.25, 0.3) is 0 Å². The minimum absolute atomic E-state index is 0.805. The Balaban J connectivity index is 2.32. The van der Waals surface area contributed by atoms with Crippen molar-refractivity contribution in [1.82, 2.24) is 19.7 Å². The van der Waals surface area contributed by atoms with Gasteiger partial charge in [-0.3, -0.25) is 0 Å². The van der Waals surface area contributed by atoms with Crippen LogP contribution in [0.4, 0.5) is 0 Å². The fourth-order valence-electron chi connectivity index (χ4n) is 1.86. The van der Waals surface area contributed by atoms with Gasteiger partial charge in [-0.15, -0.1) is 0 Å². The maximum atomic E-state index is 4.49. The maximum absolute atomic E-state index is 4.49. The molecule has 4 nitrogen and oxygen atoms in total. The molecule has 0 aliphatic carbocycles. The summed E-state index contributed by atoms with van der Waals surface area (Å²) in [5.74, 6) is 0. The second kappa shape index (κ2) is 3.66. The summed E-state index contributed by atoms with van der Waals surface area (Å²) in [5.41, 5.74) is 4.49. The molecule has 1 aromatic carbocycles. The number of benzene rings is 1. The average Bonchev–Trinajstić information content (AvgIpc) is 2.68. The first-order valence-corrected chi connectivity index (χ1v) is 5.50. The molecule has 0 saturated carbocycles. The van der Waals surface area contributed by atoms with E-state index in [9.17, 15) is 0 Å². The van der Waals surface area contributed by atoms with Crippen LogP contribution in [-0.4, -0.2) is 19.7 Å². The smallest absolute Gasteiger partial charge is 0.181 e. The number of hydrogen-bond donors (Lipinski definition) is 0. The molecule has 0 saturated heterocycles. The van der Waals surface area contributed by atoms with Gasteiger partial charge in [0.1, 0.15) is 5.52 Å². The molecule has 17 heavy (non-hydrogen) atoms. The zero-order valence-electron chi connectivity index (χ0n) is 9.75. The number of rotatable bonds is 1. The van der Waals surface area contributed by atoms with Crippen LogP contribution in [0, 0.1) is 13.8 Å². The van der Waals surface area contributed by atoms with Crippen molar-refractivity contribution in [3.05, 3.63) is 47.9 Å². The van der Waals surface area contributed by atoms with Gasteiger partial charge in [0, 0.05) is 0 Å². The van der Waals surface area contributed by atoms with Crippen molar-refractivity contribution < 1.29 is 0 Å². The molecule has 0 N–H and O–H groups in total. The van der Waals surface area contributed by atoms with Gasteiger partial charge in [-0.1, -0.05) is 18.2 Å². The van der Waals surface area contributed by atoms with Gasteiger partial charge in [-0.25, -0.2) is 14.6 Å². The Bertz CT molecular complexity index is 670. The van der Waals surface area contributed by atoms with Crippen molar-refractivity contribution in [3.8, 4) is 5.69 Å². The molecular weight excluding hydrogens is 212 g/mol. The summed E-state index contributed by atoms with van der Waals surface area (Å²) in [6, 6.07) is 9.97. The summed E-state index contributed by atoms with van der Waals surface area (Å²) in [6.45, 7) is 3.89. The zero-order chi connectivity index (χ0) is 11.8. The summed E-state index contributed by atoms with van der Waals surface area (Å²) >= 11 is 0. The summed E-state index contributed by atoms with van der Waals surface area (Å²) in [5, 5.41) is 4.49. The lowest BCUT2D eigenvalue weighted by molar-refractivity contribution is 0.877. The number of fused-ring (bicyclic) bond motifs is 1. The molecule has 0 radical (unpaired) electrons. The minimum Gasteiger partial charge on any atom is -0.246 e. The predicted molar refractivity (Wildman–Crippen MR) is 66.1 cm³/mol. The molecule has 0 fully saturated rings. The van der Waals surface area contributed by atoms with E-state index in [1.165, 1.54) is 0 Å². The Labute approximate surface area is 98.9 Å². The number of aromatic nitrogens is 4. The highest BCUT2D eigenvalue weighted by molar-refractivity contribution is 5.75. The van der Waals surface area contributed by atoms with E-state index >= 15 is 0 Å². The van der Waals surface area contributed by atoms with Crippen LogP contribution in [-0.2, 0) is 0 Å². The normalized spacial score (nSPS) is 10.9. The molecule has 0 amide bonds. The average molecular weight is 224 g/mol. The monoisotopic (exact) mass is 224 g/mol. The van der Waals surface area contributed by atoms with Crippen molar-refractivity contribution in [1.29, 1.82) is 0 Å². The Hall–Kier alpha value is -2.23. The van der Waals surface area contributed by atoms with Crippen molar-refractivity contribution in [2.45, 2.75) is 13.8 Å². The lowest BCUT2D eigenvalue weighted by Crippen LogP contribution is -1.97. The largest absolute Gasteiger partial charge is 0.246 e. The molecule has 0 aliphatic heterocycles. The second-order valence-corrected chi connectivity index (χ2v) is 4.02. The lowest BCUT2D eigenvalue weighted by Gasteiger charge is -2.01. The van der Waals surface area contributed by atoms with E-state index in [1.807, 2.05) is 48.9 Å². The number of aryl methyl sites for hydroxylation is 2. The molecule has 0 spiro atoms. The molecule has 0 atom stereocenters. The Morgan fingerprint density at radius 1 is 1.06 bits per heavy atom. The maximum Gasteiger partial charge on any atom is 0.181 e. The number of para-hydroxylation sites is 1. The van der Waals surface area contributed by atoms with Crippen LogP contribution in [0.25, 0.3) is 16.9 Å². The predicted octanol–water partition coefficient (Wildman–Crippen LogP) is 2.43. The van der Waals surface area contributed by atoms with Gasteiger partial charge in [-0.2, -0.15) is 5.10 Å². The van der Waals surface area contributed by atoms with E-state index in [4.69, 9.17) is 0 Å².